The van der Waals surface area contributed by atoms with Crippen molar-refractivity contribution in [2.75, 3.05) is 6.54 Å². The van der Waals surface area contributed by atoms with Gasteiger partial charge in [0, 0.05) is 11.8 Å². The van der Waals surface area contributed by atoms with Gasteiger partial charge < -0.3 is 0 Å². The first-order chi connectivity index (χ1) is 11.7. The molecule has 1 aliphatic carbocycles. The van der Waals surface area contributed by atoms with E-state index in [0.29, 0.717) is 11.2 Å². The summed E-state index contributed by atoms with van der Waals surface area (Å²) in [6.07, 6.45) is 9.48. The highest BCUT2D eigenvalue weighted by Crippen LogP contribution is 2.66. The van der Waals surface area contributed by atoms with Gasteiger partial charge in [-0.15, -0.1) is 10.2 Å². The van der Waals surface area contributed by atoms with Gasteiger partial charge in [-0.2, -0.15) is 0 Å². The van der Waals surface area contributed by atoms with Crippen LogP contribution in [0.15, 0.2) is 52.8 Å². The molecule has 1 aromatic carbocycles. The van der Waals surface area contributed by atoms with Gasteiger partial charge >= 0.3 is 0 Å². The van der Waals surface area contributed by atoms with E-state index in [1.165, 1.54) is 37.7 Å². The van der Waals surface area contributed by atoms with Crippen LogP contribution in [-0.2, 0) is 0 Å². The highest BCUT2D eigenvalue weighted by Gasteiger charge is 2.36. The minimum absolute atomic E-state index is 0.552. The van der Waals surface area contributed by atoms with Gasteiger partial charge in [-0.1, -0.05) is 76.4 Å². The van der Waals surface area contributed by atoms with E-state index in [9.17, 15) is 0 Å². The second-order valence-electron chi connectivity index (χ2n) is 7.59. The van der Waals surface area contributed by atoms with Crippen LogP contribution in [0.1, 0.15) is 63.7 Å². The number of rotatable bonds is 6. The molecule has 1 saturated carbocycles. The second-order valence-corrected chi connectivity index (χ2v) is 10.4. The van der Waals surface area contributed by atoms with Gasteiger partial charge in [-0.05, 0) is 46.6 Å². The molecule has 1 aromatic rings. The molecule has 2 aliphatic rings. The lowest BCUT2D eigenvalue weighted by Gasteiger charge is -2.43. The van der Waals surface area contributed by atoms with E-state index in [0.717, 1.165) is 12.5 Å². The maximum absolute atomic E-state index is 3.93. The van der Waals surface area contributed by atoms with Crippen molar-refractivity contribution >= 4 is 10.2 Å². The standard InChI is InChI=1S/C22H33NS/c1-4-23-24(22(18(2)3)20-13-9-6-10-14-20)16-15-21(17-24)19-11-7-5-8-12-19/h6,9-10,13-19,22-23H,4-5,7-8,11-12H2,1-3H3. The van der Waals surface area contributed by atoms with Gasteiger partial charge in [0.1, 0.15) is 0 Å². The monoisotopic (exact) mass is 343 g/mol. The SMILES string of the molecule is CCNS1(C(c2ccccc2)C(C)C)C=CC(C2CCCCC2)=C1. The van der Waals surface area contributed by atoms with E-state index in [1.807, 2.05) is 0 Å². The molecular weight excluding hydrogens is 310 g/mol. The fraction of sp³-hybridized carbons (Fsp3) is 0.545. The highest BCUT2D eigenvalue weighted by molar-refractivity contribution is 8.37. The molecule has 132 valence electrons. The molecule has 1 nitrogen and oxygen atoms in total. The zero-order chi connectivity index (χ0) is 17.0. The Kier molecular flexibility index (Phi) is 5.89. The zero-order valence-corrected chi connectivity index (χ0v) is 16.3. The van der Waals surface area contributed by atoms with Crippen molar-refractivity contribution in [2.45, 2.75) is 58.1 Å². The zero-order valence-electron chi connectivity index (χ0n) is 15.5. The van der Waals surface area contributed by atoms with E-state index in [2.05, 4.69) is 72.7 Å². The van der Waals surface area contributed by atoms with Crippen molar-refractivity contribution in [1.29, 1.82) is 0 Å². The Labute approximate surface area is 150 Å². The largest absolute Gasteiger partial charge is 0.274 e. The van der Waals surface area contributed by atoms with Crippen LogP contribution in [0.3, 0.4) is 0 Å². The summed E-state index contributed by atoms with van der Waals surface area (Å²) in [6.45, 7) is 8.04. The Morgan fingerprint density at radius 1 is 1.08 bits per heavy atom. The molecule has 0 saturated heterocycles. The molecule has 0 aromatic heterocycles. The quantitative estimate of drug-likeness (QED) is 0.605. The summed E-state index contributed by atoms with van der Waals surface area (Å²) in [5.74, 6) is 1.42. The molecular formula is C22H33NS. The van der Waals surface area contributed by atoms with Crippen LogP contribution in [0.4, 0.5) is 0 Å². The van der Waals surface area contributed by atoms with Gasteiger partial charge in [0.15, 0.2) is 0 Å². The Morgan fingerprint density at radius 3 is 2.42 bits per heavy atom. The molecule has 1 N–H and O–H groups in total. The van der Waals surface area contributed by atoms with Crippen molar-refractivity contribution in [3.63, 3.8) is 0 Å². The molecule has 0 radical (unpaired) electrons. The first kappa shape index (κ1) is 17.8. The van der Waals surface area contributed by atoms with Gasteiger partial charge in [0.2, 0.25) is 0 Å². The topological polar surface area (TPSA) is 12.0 Å². The highest BCUT2D eigenvalue weighted by atomic mass is 32.3. The Morgan fingerprint density at radius 2 is 1.79 bits per heavy atom. The third kappa shape index (κ3) is 3.65. The lowest BCUT2D eigenvalue weighted by molar-refractivity contribution is 0.409. The first-order valence-corrected chi connectivity index (χ1v) is 11.5. The van der Waals surface area contributed by atoms with Crippen LogP contribution in [0.2, 0.25) is 0 Å². The predicted octanol–water partition coefficient (Wildman–Crippen LogP) is 6.70. The number of hydrogen-bond acceptors (Lipinski definition) is 1. The van der Waals surface area contributed by atoms with Gasteiger partial charge in [-0.3, -0.25) is 4.72 Å². The normalized spacial score (nSPS) is 28.6. The van der Waals surface area contributed by atoms with Gasteiger partial charge in [0.05, 0.1) is 0 Å². The molecule has 0 amide bonds. The number of benzene rings is 1. The van der Waals surface area contributed by atoms with Crippen LogP contribution in [0.5, 0.6) is 0 Å². The summed E-state index contributed by atoms with van der Waals surface area (Å²) in [6, 6.07) is 11.1. The molecule has 2 heteroatoms. The fourth-order valence-corrected chi connectivity index (χ4v) is 8.32. The lowest BCUT2D eigenvalue weighted by Crippen LogP contribution is -2.25. The maximum atomic E-state index is 3.93. The summed E-state index contributed by atoms with van der Waals surface area (Å²) in [4.78, 5) is 0. The van der Waals surface area contributed by atoms with Crippen molar-refractivity contribution in [3.05, 3.63) is 58.4 Å². The predicted molar refractivity (Wildman–Crippen MR) is 109 cm³/mol. The third-order valence-electron chi connectivity index (χ3n) is 5.44. The fourth-order valence-electron chi connectivity index (χ4n) is 4.45. The number of hydrogen-bond donors (Lipinski definition) is 1. The molecule has 2 atom stereocenters. The van der Waals surface area contributed by atoms with Crippen LogP contribution < -0.4 is 4.72 Å². The average molecular weight is 344 g/mol. The average Bonchev–Trinajstić information content (AvgIpc) is 3.01. The molecule has 0 spiro atoms. The number of nitrogens with one attached hydrogen (secondary N) is 1. The Bertz CT molecular complexity index is 583. The van der Waals surface area contributed by atoms with Gasteiger partial charge in [0.25, 0.3) is 0 Å². The summed E-state index contributed by atoms with van der Waals surface area (Å²) >= 11 is 0. The minimum atomic E-state index is -1.10. The van der Waals surface area contributed by atoms with E-state index in [1.54, 1.807) is 5.57 Å². The smallest absolute Gasteiger partial charge is 0.0349 e. The van der Waals surface area contributed by atoms with Crippen molar-refractivity contribution in [3.8, 4) is 0 Å². The minimum Gasteiger partial charge on any atom is -0.274 e. The first-order valence-electron chi connectivity index (χ1n) is 9.68. The van der Waals surface area contributed by atoms with Crippen LogP contribution in [-0.4, -0.2) is 6.54 Å². The van der Waals surface area contributed by atoms with E-state index < -0.39 is 10.2 Å². The second kappa shape index (κ2) is 7.93. The van der Waals surface area contributed by atoms with Crippen molar-refractivity contribution in [1.82, 2.24) is 4.72 Å². The molecule has 3 rings (SSSR count). The summed E-state index contributed by atoms with van der Waals surface area (Å²) < 4.78 is 3.93. The molecule has 0 bridgehead atoms. The molecule has 1 aliphatic heterocycles. The van der Waals surface area contributed by atoms with Crippen molar-refractivity contribution in [2.24, 2.45) is 11.8 Å². The maximum Gasteiger partial charge on any atom is 0.0349 e. The molecule has 2 unspecified atom stereocenters. The number of allylic oxidation sites excluding steroid dienone is 2. The van der Waals surface area contributed by atoms with Crippen molar-refractivity contribution < 1.29 is 0 Å². The summed E-state index contributed by atoms with van der Waals surface area (Å²) in [7, 11) is -1.10. The van der Waals surface area contributed by atoms with Gasteiger partial charge in [-0.25, -0.2) is 0 Å². The lowest BCUT2D eigenvalue weighted by atomic mass is 9.84. The Hall–Kier alpha value is -0.990. The summed E-state index contributed by atoms with van der Waals surface area (Å²) in [5, 5.41) is 5.75. The van der Waals surface area contributed by atoms with E-state index in [-0.39, 0.29) is 0 Å². The van der Waals surface area contributed by atoms with Crippen LogP contribution in [0, 0.1) is 11.8 Å². The molecule has 1 heterocycles. The summed E-state index contributed by atoms with van der Waals surface area (Å²) in [5.41, 5.74) is 3.10. The Balaban J connectivity index is 1.95. The van der Waals surface area contributed by atoms with Crippen LogP contribution >= 0.6 is 10.2 Å². The molecule has 24 heavy (non-hydrogen) atoms. The van der Waals surface area contributed by atoms with Crippen LogP contribution in [0.25, 0.3) is 0 Å². The van der Waals surface area contributed by atoms with E-state index >= 15 is 0 Å². The third-order valence-corrected chi connectivity index (χ3v) is 9.14. The van der Waals surface area contributed by atoms with E-state index in [4.69, 9.17) is 0 Å². The molecule has 1 fully saturated rings.